The molecule has 0 N–H and O–H groups in total. The van der Waals surface area contributed by atoms with Crippen molar-refractivity contribution >= 4 is 123 Å². The Balaban J connectivity index is 1.11. The standard InChI is InChI=1S/C72H60BN3O2/c1-6-8-21-46-33-37-55-53-27-15-19-31-65(53)77-70(55)68(46)75-61-40-35-48(45-23-11-10-12-24-45)41-58(61)73-57-39-36-50(74-59-29-17-13-25-51(59)52-26-14-18-30-60(52)74)44-62(57)76(64-43-49(72(3,4)5)42-63(75)67(64)73)69-47(22-9-7-2)34-38-56-54-28-16-20-32-66(54)78-71(56)69/h10-20,23-44H,6-9,21-22H2,1-5H3. The smallest absolute Gasteiger partial charge is 0.252 e. The summed E-state index contributed by atoms with van der Waals surface area (Å²) in [5.74, 6) is 0. The van der Waals surface area contributed by atoms with Crippen molar-refractivity contribution in [2.75, 3.05) is 9.80 Å². The van der Waals surface area contributed by atoms with Gasteiger partial charge in [-0.3, -0.25) is 0 Å². The van der Waals surface area contributed by atoms with Crippen LogP contribution in [-0.2, 0) is 18.3 Å². The molecule has 0 unspecified atom stereocenters. The van der Waals surface area contributed by atoms with Crippen molar-refractivity contribution in [2.45, 2.75) is 78.6 Å². The summed E-state index contributed by atoms with van der Waals surface area (Å²) in [7, 11) is 0. The van der Waals surface area contributed by atoms with Crippen LogP contribution in [0.2, 0.25) is 0 Å². The maximum absolute atomic E-state index is 7.27. The Labute approximate surface area is 456 Å². The summed E-state index contributed by atoms with van der Waals surface area (Å²) in [4.78, 5) is 5.27. The van der Waals surface area contributed by atoms with Crippen LogP contribution in [0.25, 0.3) is 82.5 Å². The van der Waals surface area contributed by atoms with Crippen LogP contribution in [0.4, 0.5) is 34.1 Å². The number of hydrogen-bond donors (Lipinski definition) is 0. The Morgan fingerprint density at radius 3 is 1.51 bits per heavy atom. The first kappa shape index (κ1) is 46.6. The van der Waals surface area contributed by atoms with Crippen molar-refractivity contribution in [3.63, 3.8) is 0 Å². The quantitative estimate of drug-likeness (QED) is 0.128. The van der Waals surface area contributed by atoms with E-state index in [1.54, 1.807) is 0 Å². The number of para-hydroxylation sites is 4. The van der Waals surface area contributed by atoms with E-state index in [4.69, 9.17) is 8.83 Å². The van der Waals surface area contributed by atoms with E-state index < -0.39 is 0 Å². The van der Waals surface area contributed by atoms with Gasteiger partial charge in [-0.1, -0.05) is 193 Å². The maximum atomic E-state index is 7.27. The average molecular weight is 1010 g/mol. The van der Waals surface area contributed by atoms with Crippen LogP contribution in [-0.4, -0.2) is 11.3 Å². The van der Waals surface area contributed by atoms with Crippen molar-refractivity contribution < 1.29 is 8.83 Å². The monoisotopic (exact) mass is 1010 g/mol. The lowest BCUT2D eigenvalue weighted by Crippen LogP contribution is -2.61. The third-order valence-corrected chi connectivity index (χ3v) is 17.1. The van der Waals surface area contributed by atoms with Gasteiger partial charge in [-0.05, 0) is 130 Å². The molecule has 0 saturated heterocycles. The summed E-state index contributed by atoms with van der Waals surface area (Å²) in [6, 6.07) is 74.9. The van der Waals surface area contributed by atoms with Crippen LogP contribution in [0.1, 0.15) is 77.0 Å². The molecule has 5 nitrogen and oxygen atoms in total. The largest absolute Gasteiger partial charge is 0.454 e. The Bertz CT molecular complexity index is 4500. The van der Waals surface area contributed by atoms with Crippen LogP contribution >= 0.6 is 0 Å². The maximum Gasteiger partial charge on any atom is 0.252 e. The zero-order valence-electron chi connectivity index (χ0n) is 45.0. The summed E-state index contributed by atoms with van der Waals surface area (Å²) < 4.78 is 16.9. The molecular formula is C72H60BN3O2. The Kier molecular flexibility index (Phi) is 10.7. The van der Waals surface area contributed by atoms with Gasteiger partial charge in [0.05, 0.1) is 22.4 Å². The number of anilines is 6. The van der Waals surface area contributed by atoms with E-state index in [9.17, 15) is 0 Å². The molecule has 378 valence electrons. The van der Waals surface area contributed by atoms with Crippen LogP contribution in [0.3, 0.4) is 0 Å². The summed E-state index contributed by atoms with van der Waals surface area (Å²) in [6.07, 6.45) is 6.11. The van der Waals surface area contributed by atoms with Gasteiger partial charge in [0.15, 0.2) is 11.2 Å². The third kappa shape index (κ3) is 7.01. The van der Waals surface area contributed by atoms with Gasteiger partial charge in [0.25, 0.3) is 6.71 Å². The number of nitrogens with zero attached hydrogens (tertiary/aromatic N) is 3. The van der Waals surface area contributed by atoms with Crippen molar-refractivity contribution in [1.29, 1.82) is 0 Å². The fourth-order valence-corrected chi connectivity index (χ4v) is 13.3. The van der Waals surface area contributed by atoms with E-state index in [1.807, 2.05) is 0 Å². The zero-order chi connectivity index (χ0) is 52.4. The van der Waals surface area contributed by atoms with Crippen LogP contribution in [0, 0.1) is 0 Å². The van der Waals surface area contributed by atoms with E-state index in [2.05, 4.69) is 249 Å². The zero-order valence-corrected chi connectivity index (χ0v) is 45.0. The second kappa shape index (κ2) is 17.9. The van der Waals surface area contributed by atoms with Crippen molar-refractivity contribution in [2.24, 2.45) is 0 Å². The molecule has 0 saturated carbocycles. The predicted molar refractivity (Wildman–Crippen MR) is 331 cm³/mol. The first-order valence-corrected chi connectivity index (χ1v) is 28.2. The minimum absolute atomic E-state index is 0.139. The van der Waals surface area contributed by atoms with Crippen LogP contribution in [0.15, 0.2) is 209 Å². The summed E-state index contributed by atoms with van der Waals surface area (Å²) in [5.41, 5.74) is 23.8. The number of benzene rings is 10. The van der Waals surface area contributed by atoms with Gasteiger partial charge in [-0.15, -0.1) is 0 Å². The number of furan rings is 2. The van der Waals surface area contributed by atoms with E-state index >= 15 is 0 Å². The fraction of sp³-hybridized carbons (Fsp3) is 0.167. The lowest BCUT2D eigenvalue weighted by atomic mass is 9.33. The Morgan fingerprint density at radius 2 is 0.949 bits per heavy atom. The van der Waals surface area contributed by atoms with Gasteiger partial charge in [0.1, 0.15) is 11.2 Å². The highest BCUT2D eigenvalue weighted by Crippen LogP contribution is 2.52. The molecule has 2 aliphatic rings. The van der Waals surface area contributed by atoms with E-state index in [-0.39, 0.29) is 12.1 Å². The first-order valence-electron chi connectivity index (χ1n) is 28.2. The predicted octanol–water partition coefficient (Wildman–Crippen LogP) is 18.3. The molecule has 15 rings (SSSR count). The number of rotatable bonds is 10. The minimum atomic E-state index is -0.228. The number of fused-ring (bicyclic) bond motifs is 13. The van der Waals surface area contributed by atoms with Gasteiger partial charge < -0.3 is 23.2 Å². The third-order valence-electron chi connectivity index (χ3n) is 17.1. The second-order valence-corrected chi connectivity index (χ2v) is 22.8. The molecule has 2 aliphatic heterocycles. The highest BCUT2D eigenvalue weighted by molar-refractivity contribution is 7.00. The lowest BCUT2D eigenvalue weighted by Gasteiger charge is -2.45. The number of unbranched alkanes of at least 4 members (excludes halogenated alkanes) is 2. The Hall–Kier alpha value is -8.74. The lowest BCUT2D eigenvalue weighted by molar-refractivity contribution is 0.590. The molecular weight excluding hydrogens is 950 g/mol. The van der Waals surface area contributed by atoms with Crippen LogP contribution < -0.4 is 26.2 Å². The molecule has 0 aliphatic carbocycles. The van der Waals surface area contributed by atoms with Gasteiger partial charge in [0, 0.05) is 60.8 Å². The number of aromatic nitrogens is 1. The normalized spacial score (nSPS) is 13.2. The molecule has 3 aromatic heterocycles. The first-order chi connectivity index (χ1) is 38.3. The molecule has 6 heteroatoms. The summed E-state index contributed by atoms with van der Waals surface area (Å²) in [5, 5.41) is 7.01. The highest BCUT2D eigenvalue weighted by atomic mass is 16.3. The van der Waals surface area contributed by atoms with Crippen molar-refractivity contribution in [3.8, 4) is 16.8 Å². The van der Waals surface area contributed by atoms with Gasteiger partial charge in [-0.2, -0.15) is 0 Å². The highest BCUT2D eigenvalue weighted by Gasteiger charge is 2.46. The molecule has 0 amide bonds. The Morgan fingerprint density at radius 1 is 0.423 bits per heavy atom. The molecule has 5 heterocycles. The molecule has 0 spiro atoms. The molecule has 10 aromatic carbocycles. The van der Waals surface area contributed by atoms with Gasteiger partial charge >= 0.3 is 0 Å². The summed E-state index contributed by atoms with van der Waals surface area (Å²) >= 11 is 0. The van der Waals surface area contributed by atoms with E-state index in [0.29, 0.717) is 0 Å². The van der Waals surface area contributed by atoms with Gasteiger partial charge in [-0.25, -0.2) is 0 Å². The molecule has 13 aromatic rings. The molecule has 0 radical (unpaired) electrons. The molecule has 0 atom stereocenters. The minimum Gasteiger partial charge on any atom is -0.454 e. The number of hydrogen-bond acceptors (Lipinski definition) is 4. The second-order valence-electron chi connectivity index (χ2n) is 22.8. The molecule has 0 fully saturated rings. The molecule has 78 heavy (non-hydrogen) atoms. The van der Waals surface area contributed by atoms with Crippen LogP contribution in [0.5, 0.6) is 0 Å². The molecule has 0 bridgehead atoms. The van der Waals surface area contributed by atoms with Gasteiger partial charge in [0.2, 0.25) is 0 Å². The topological polar surface area (TPSA) is 37.7 Å². The fourth-order valence-electron chi connectivity index (χ4n) is 13.3. The van der Waals surface area contributed by atoms with E-state index in [1.165, 1.54) is 83.1 Å². The SMILES string of the molecule is CCCCc1ccc2c(oc3ccccc32)c1N1c2ccc(-c3ccccc3)cc2B2c3ccc(-n4c5ccccc5c5ccccc54)cc3N(c3c(CCCC)ccc4c3oc3ccccc34)c3cc(C(C)(C)C)cc1c32. The number of aryl methyl sites for hydroxylation is 2. The van der Waals surface area contributed by atoms with Crippen molar-refractivity contribution in [1.82, 2.24) is 4.57 Å². The average Bonchev–Trinajstić information content (AvgIpc) is 2.56. The van der Waals surface area contributed by atoms with Crippen molar-refractivity contribution in [3.05, 3.63) is 217 Å². The summed E-state index contributed by atoms with van der Waals surface area (Å²) in [6.45, 7) is 11.6. The van der Waals surface area contributed by atoms with E-state index in [0.717, 1.165) is 105 Å².